The Morgan fingerprint density at radius 2 is 0.882 bits per heavy atom. The summed E-state index contributed by atoms with van der Waals surface area (Å²) in [5.41, 5.74) is 5.35. The number of carbonyl (C=O) groups is 7. The molecule has 0 heterocycles. The van der Waals surface area contributed by atoms with Crippen LogP contribution in [0.2, 0.25) is 0 Å². The number of carbonyl (C=O) groups excluding carboxylic acids is 6. The summed E-state index contributed by atoms with van der Waals surface area (Å²) in [6.45, 7) is 5.97. The van der Waals surface area contributed by atoms with Crippen LogP contribution in [0.4, 0.5) is 0 Å². The molecule has 0 unspecified atom stereocenters. The maximum Gasteiger partial charge on any atom is 0.306 e. The number of ether oxygens (including phenoxy) is 2. The van der Waals surface area contributed by atoms with Crippen molar-refractivity contribution in [2.45, 2.75) is 270 Å². The van der Waals surface area contributed by atoms with E-state index in [4.69, 9.17) is 20.3 Å². The molecular weight excluding hydrogens is 885 g/mol. The first kappa shape index (κ1) is 64.6. The van der Waals surface area contributed by atoms with Crippen molar-refractivity contribution in [3.8, 4) is 0 Å². The second-order valence-corrected chi connectivity index (χ2v) is 19.8. The van der Waals surface area contributed by atoms with Gasteiger partial charge in [-0.25, -0.2) is 0 Å². The number of rotatable bonds is 50. The SMILES string of the molecule is CCCCCCCCCCCCCCCC(=O)N[C@@H](CSC[C@@H](COC(=O)CCCCCCCCCCC)OC(=O)CCCCCCCCCCC)C(=O)NCC(=O)N[C@H](CCC(=O)O)C(N)=O. The molecule has 0 saturated carbocycles. The third kappa shape index (κ3) is 42.7. The monoisotopic (exact) mass is 983 g/mol. The van der Waals surface area contributed by atoms with Crippen LogP contribution in [-0.4, -0.2) is 89.5 Å². The molecule has 0 bridgehead atoms. The van der Waals surface area contributed by atoms with Gasteiger partial charge in [0.2, 0.25) is 23.6 Å². The molecule has 15 heteroatoms. The summed E-state index contributed by atoms with van der Waals surface area (Å²) in [5, 5.41) is 16.7. The molecule has 0 aliphatic rings. The number of unbranched alkanes of at least 4 members (excludes halogenated alkanes) is 28. The Morgan fingerprint density at radius 3 is 1.31 bits per heavy atom. The highest BCUT2D eigenvalue weighted by Crippen LogP contribution is 2.17. The van der Waals surface area contributed by atoms with Gasteiger partial charge in [0.1, 0.15) is 24.8 Å². The van der Waals surface area contributed by atoms with Gasteiger partial charge in [-0.3, -0.25) is 33.6 Å². The Hall–Kier alpha value is -3.36. The van der Waals surface area contributed by atoms with Gasteiger partial charge in [0.15, 0.2) is 0 Å². The average Bonchev–Trinajstić information content (AvgIpc) is 3.31. The Kier molecular flexibility index (Phi) is 45.0. The molecule has 4 amide bonds. The van der Waals surface area contributed by atoms with Crippen LogP contribution in [0.15, 0.2) is 0 Å². The van der Waals surface area contributed by atoms with Crippen molar-refractivity contribution >= 4 is 53.3 Å². The highest BCUT2D eigenvalue weighted by Gasteiger charge is 2.25. The Balaban J connectivity index is 5.45. The second-order valence-electron chi connectivity index (χ2n) is 18.8. The van der Waals surface area contributed by atoms with Crippen LogP contribution in [0.25, 0.3) is 0 Å². The first-order chi connectivity index (χ1) is 32.9. The summed E-state index contributed by atoms with van der Waals surface area (Å²) in [6.07, 6.45) is 34.7. The van der Waals surface area contributed by atoms with Crippen LogP contribution < -0.4 is 21.7 Å². The molecule has 396 valence electrons. The van der Waals surface area contributed by atoms with Crippen LogP contribution >= 0.6 is 11.8 Å². The summed E-state index contributed by atoms with van der Waals surface area (Å²) in [5.74, 6) is -4.23. The molecule has 0 aromatic carbocycles. The fraction of sp³-hybridized carbons (Fsp3) is 0.868. The molecule has 0 fully saturated rings. The van der Waals surface area contributed by atoms with E-state index in [1.807, 2.05) is 0 Å². The molecule has 3 atom stereocenters. The molecule has 6 N–H and O–H groups in total. The van der Waals surface area contributed by atoms with Gasteiger partial charge in [0, 0.05) is 37.2 Å². The van der Waals surface area contributed by atoms with Crippen molar-refractivity contribution in [1.29, 1.82) is 0 Å². The van der Waals surface area contributed by atoms with Gasteiger partial charge in [0.05, 0.1) is 6.54 Å². The zero-order valence-electron chi connectivity index (χ0n) is 43.1. The van der Waals surface area contributed by atoms with Crippen LogP contribution in [0.1, 0.15) is 252 Å². The van der Waals surface area contributed by atoms with Crippen molar-refractivity contribution in [3.05, 3.63) is 0 Å². The van der Waals surface area contributed by atoms with E-state index in [1.54, 1.807) is 0 Å². The molecule has 0 aromatic heterocycles. The maximum atomic E-state index is 13.5. The number of hydrogen-bond donors (Lipinski definition) is 5. The summed E-state index contributed by atoms with van der Waals surface area (Å²) in [6, 6.07) is -2.30. The average molecular weight is 983 g/mol. The van der Waals surface area contributed by atoms with Crippen LogP contribution in [0.5, 0.6) is 0 Å². The lowest BCUT2D eigenvalue weighted by Crippen LogP contribution is -2.52. The van der Waals surface area contributed by atoms with Gasteiger partial charge in [-0.1, -0.05) is 201 Å². The molecular formula is C53H98N4O10S. The van der Waals surface area contributed by atoms with E-state index in [9.17, 15) is 33.6 Å². The molecule has 0 spiro atoms. The Morgan fingerprint density at radius 1 is 0.485 bits per heavy atom. The van der Waals surface area contributed by atoms with E-state index in [-0.39, 0.29) is 68.1 Å². The van der Waals surface area contributed by atoms with E-state index in [1.165, 1.54) is 134 Å². The predicted molar refractivity (Wildman–Crippen MR) is 275 cm³/mol. The van der Waals surface area contributed by atoms with Gasteiger partial charge in [-0.2, -0.15) is 11.8 Å². The zero-order valence-corrected chi connectivity index (χ0v) is 43.9. The lowest BCUT2D eigenvalue weighted by molar-refractivity contribution is -0.157. The van der Waals surface area contributed by atoms with Gasteiger partial charge in [-0.15, -0.1) is 0 Å². The number of amides is 4. The maximum absolute atomic E-state index is 13.5. The van der Waals surface area contributed by atoms with E-state index in [0.29, 0.717) is 12.8 Å². The fourth-order valence-corrected chi connectivity index (χ4v) is 8.97. The first-order valence-electron chi connectivity index (χ1n) is 27.2. The number of esters is 2. The lowest BCUT2D eigenvalue weighted by Gasteiger charge is -2.21. The third-order valence-electron chi connectivity index (χ3n) is 12.2. The molecule has 0 aliphatic heterocycles. The topological polar surface area (TPSA) is 220 Å². The van der Waals surface area contributed by atoms with Gasteiger partial charge in [-0.05, 0) is 25.7 Å². The summed E-state index contributed by atoms with van der Waals surface area (Å²) < 4.78 is 11.5. The fourth-order valence-electron chi connectivity index (χ4n) is 7.94. The molecule has 0 saturated heterocycles. The normalized spacial score (nSPS) is 12.5. The molecule has 14 nitrogen and oxygen atoms in total. The number of aliphatic carboxylic acids is 1. The smallest absolute Gasteiger partial charge is 0.306 e. The number of nitrogens with one attached hydrogen (secondary N) is 3. The van der Waals surface area contributed by atoms with Gasteiger partial charge < -0.3 is 36.3 Å². The lowest BCUT2D eigenvalue weighted by atomic mass is 10.0. The summed E-state index contributed by atoms with van der Waals surface area (Å²) >= 11 is 1.25. The molecule has 0 aliphatic carbocycles. The number of nitrogens with two attached hydrogens (primary N) is 1. The predicted octanol–water partition coefficient (Wildman–Crippen LogP) is 10.9. The van der Waals surface area contributed by atoms with Crippen molar-refractivity contribution in [2.24, 2.45) is 5.73 Å². The van der Waals surface area contributed by atoms with E-state index >= 15 is 0 Å². The Bertz CT molecular complexity index is 1320. The standard InChI is InChI=1S/C53H98N4O10S/c1-4-7-10-13-16-19-20-21-22-25-26-29-32-35-47(58)57-46(53(65)55-40-48(59)56-45(52(54)64)38-39-49(60)61)43-68-42-44(67-51(63)37-34-31-28-24-18-15-12-9-6-3)41-66-50(62)36-33-30-27-23-17-14-11-8-5-2/h44-46H,4-43H2,1-3H3,(H2,54,64)(H,55,65)(H,56,59)(H,57,58)(H,60,61)/t44-,45-,46+/m1/s1. The number of primary amides is 1. The van der Waals surface area contributed by atoms with Crippen LogP contribution in [0.3, 0.4) is 0 Å². The quantitative estimate of drug-likeness (QED) is 0.0285. The van der Waals surface area contributed by atoms with Crippen molar-refractivity contribution < 1.29 is 48.1 Å². The largest absolute Gasteiger partial charge is 0.481 e. The highest BCUT2D eigenvalue weighted by molar-refractivity contribution is 7.99. The van der Waals surface area contributed by atoms with Crippen molar-refractivity contribution in [1.82, 2.24) is 16.0 Å². The number of carboxylic acids is 1. The number of hydrogen-bond acceptors (Lipinski definition) is 10. The highest BCUT2D eigenvalue weighted by atomic mass is 32.2. The number of thioether (sulfide) groups is 1. The van der Waals surface area contributed by atoms with E-state index < -0.39 is 48.4 Å². The molecule has 68 heavy (non-hydrogen) atoms. The number of carboxylic acid groups (broad SMARTS) is 1. The Labute approximate surface area is 416 Å². The van der Waals surface area contributed by atoms with Crippen LogP contribution in [-0.2, 0) is 43.0 Å². The zero-order chi connectivity index (χ0) is 50.3. The van der Waals surface area contributed by atoms with E-state index in [2.05, 4.69) is 36.7 Å². The van der Waals surface area contributed by atoms with E-state index in [0.717, 1.165) is 64.2 Å². The minimum Gasteiger partial charge on any atom is -0.481 e. The first-order valence-corrected chi connectivity index (χ1v) is 28.4. The molecule has 0 rings (SSSR count). The minimum atomic E-state index is -1.24. The summed E-state index contributed by atoms with van der Waals surface area (Å²) in [7, 11) is 0. The van der Waals surface area contributed by atoms with Crippen molar-refractivity contribution in [2.75, 3.05) is 24.7 Å². The molecule has 0 aromatic rings. The molecule has 0 radical (unpaired) electrons. The second kappa shape index (κ2) is 47.3. The van der Waals surface area contributed by atoms with Crippen LogP contribution in [0, 0.1) is 0 Å². The van der Waals surface area contributed by atoms with Crippen molar-refractivity contribution in [3.63, 3.8) is 0 Å². The summed E-state index contributed by atoms with van der Waals surface area (Å²) in [4.78, 5) is 88.1. The van der Waals surface area contributed by atoms with Gasteiger partial charge in [0.25, 0.3) is 0 Å². The van der Waals surface area contributed by atoms with Gasteiger partial charge >= 0.3 is 17.9 Å². The third-order valence-corrected chi connectivity index (χ3v) is 13.4. The minimum absolute atomic E-state index is 0.0685.